The number of rotatable bonds is 6. The number of sulfonamides is 1. The van der Waals surface area contributed by atoms with Gasteiger partial charge in [-0.05, 0) is 36.6 Å². The Morgan fingerprint density at radius 3 is 2.89 bits per heavy atom. The van der Waals surface area contributed by atoms with Crippen molar-refractivity contribution in [3.8, 4) is 0 Å². The molecule has 0 radical (unpaired) electrons. The zero-order valence-electron chi connectivity index (χ0n) is 15.9. The van der Waals surface area contributed by atoms with Crippen LogP contribution in [0.4, 0.5) is 11.5 Å². The van der Waals surface area contributed by atoms with Gasteiger partial charge in [0.05, 0.1) is 23.2 Å². The van der Waals surface area contributed by atoms with E-state index in [2.05, 4.69) is 15.3 Å². The first-order chi connectivity index (χ1) is 13.6. The van der Waals surface area contributed by atoms with Crippen LogP contribution in [0.25, 0.3) is 10.9 Å². The fraction of sp³-hybridized carbons (Fsp3) is 0.333. The Labute approximate surface area is 165 Å². The Kier molecular flexibility index (Phi) is 5.28. The molecule has 4 rings (SSSR count). The van der Waals surface area contributed by atoms with E-state index in [1.165, 1.54) is 0 Å². The number of pyridine rings is 2. The van der Waals surface area contributed by atoms with Crippen molar-refractivity contribution in [3.05, 3.63) is 59.9 Å². The Bertz CT molecular complexity index is 1100. The van der Waals surface area contributed by atoms with Crippen molar-refractivity contribution in [2.45, 2.75) is 32.7 Å². The van der Waals surface area contributed by atoms with E-state index < -0.39 is 10.0 Å². The number of nitrogens with one attached hydrogen (secondary N) is 1. The molecule has 1 aromatic carbocycles. The summed E-state index contributed by atoms with van der Waals surface area (Å²) in [4.78, 5) is 8.98. The topological polar surface area (TPSA) is 75.2 Å². The summed E-state index contributed by atoms with van der Waals surface area (Å²) in [6.07, 6.45) is 5.76. The average molecular weight is 397 g/mol. The smallest absolute Gasteiger partial charge is 0.214 e. The highest BCUT2D eigenvalue weighted by Gasteiger charge is 2.27. The summed E-state index contributed by atoms with van der Waals surface area (Å²) < 4.78 is 26.7. The van der Waals surface area contributed by atoms with E-state index in [4.69, 9.17) is 0 Å². The number of anilines is 2. The van der Waals surface area contributed by atoms with Crippen molar-refractivity contribution in [1.82, 2.24) is 14.3 Å². The first-order valence-electron chi connectivity index (χ1n) is 9.63. The molecule has 146 valence electrons. The van der Waals surface area contributed by atoms with Gasteiger partial charge >= 0.3 is 0 Å². The number of para-hydroxylation sites is 1. The maximum Gasteiger partial charge on any atom is 0.214 e. The Morgan fingerprint density at radius 2 is 2.04 bits per heavy atom. The summed E-state index contributed by atoms with van der Waals surface area (Å²) in [5.74, 6) is 0.998. The average Bonchev–Trinajstić information content (AvgIpc) is 2.72. The van der Waals surface area contributed by atoms with Gasteiger partial charge in [-0.1, -0.05) is 31.5 Å². The first kappa shape index (κ1) is 18.8. The fourth-order valence-electron chi connectivity index (χ4n) is 3.54. The van der Waals surface area contributed by atoms with Gasteiger partial charge in [-0.2, -0.15) is 4.31 Å². The molecule has 0 fully saturated rings. The monoisotopic (exact) mass is 396 g/mol. The van der Waals surface area contributed by atoms with Crippen LogP contribution in [0.5, 0.6) is 0 Å². The van der Waals surface area contributed by atoms with Crippen LogP contribution < -0.4 is 5.32 Å². The second-order valence-electron chi connectivity index (χ2n) is 7.09. The summed E-state index contributed by atoms with van der Waals surface area (Å²) in [7, 11) is -3.20. The van der Waals surface area contributed by atoms with Crippen molar-refractivity contribution in [1.29, 1.82) is 0 Å². The molecule has 28 heavy (non-hydrogen) atoms. The molecule has 6 nitrogen and oxygen atoms in total. The van der Waals surface area contributed by atoms with E-state index in [-0.39, 0.29) is 5.75 Å². The maximum atomic E-state index is 12.5. The summed E-state index contributed by atoms with van der Waals surface area (Å²) in [5, 5.41) is 4.43. The standard InChI is InChI=1S/C21H24N4O2S/c1-2-3-12-28(26,27)25-11-9-19-17(15-25)8-10-22-21(19)24-18-13-16-6-4-5-7-20(16)23-14-18/h4-8,10,13-14H,2-3,9,11-12,15H2,1H3,(H,22,24). The summed E-state index contributed by atoms with van der Waals surface area (Å²) in [6.45, 7) is 2.91. The lowest BCUT2D eigenvalue weighted by Crippen LogP contribution is -2.37. The number of hydrogen-bond donors (Lipinski definition) is 1. The molecule has 0 amide bonds. The van der Waals surface area contributed by atoms with Crippen molar-refractivity contribution in [2.75, 3.05) is 17.6 Å². The van der Waals surface area contributed by atoms with E-state index in [0.29, 0.717) is 25.9 Å². The van der Waals surface area contributed by atoms with Crippen LogP contribution in [0.1, 0.15) is 30.9 Å². The number of nitrogens with zero attached hydrogens (tertiary/aromatic N) is 3. The number of hydrogen-bond acceptors (Lipinski definition) is 5. The van der Waals surface area contributed by atoms with Crippen molar-refractivity contribution < 1.29 is 8.42 Å². The minimum Gasteiger partial charge on any atom is -0.339 e. The minimum absolute atomic E-state index is 0.220. The van der Waals surface area contributed by atoms with E-state index in [0.717, 1.165) is 40.0 Å². The SMILES string of the molecule is CCCCS(=O)(=O)N1CCc2c(ccnc2Nc2cnc3ccccc3c2)C1. The van der Waals surface area contributed by atoms with Gasteiger partial charge in [0, 0.05) is 30.2 Å². The normalized spacial score (nSPS) is 14.8. The third-order valence-electron chi connectivity index (χ3n) is 5.11. The third-order valence-corrected chi connectivity index (χ3v) is 7.02. The zero-order valence-corrected chi connectivity index (χ0v) is 16.7. The Hall–Kier alpha value is -2.51. The van der Waals surface area contributed by atoms with E-state index >= 15 is 0 Å². The van der Waals surface area contributed by atoms with Gasteiger partial charge in [0.25, 0.3) is 0 Å². The maximum absolute atomic E-state index is 12.5. The van der Waals surface area contributed by atoms with Gasteiger partial charge in [-0.25, -0.2) is 13.4 Å². The second kappa shape index (κ2) is 7.85. The molecule has 1 aliphatic heterocycles. The van der Waals surface area contributed by atoms with Crippen LogP contribution >= 0.6 is 0 Å². The molecule has 0 spiro atoms. The van der Waals surface area contributed by atoms with Gasteiger partial charge in [-0.15, -0.1) is 0 Å². The Balaban J connectivity index is 1.57. The molecular weight excluding hydrogens is 372 g/mol. The number of fused-ring (bicyclic) bond motifs is 2. The van der Waals surface area contributed by atoms with Crippen molar-refractivity contribution in [3.63, 3.8) is 0 Å². The number of benzene rings is 1. The van der Waals surface area contributed by atoms with Gasteiger partial charge < -0.3 is 5.32 Å². The summed E-state index contributed by atoms with van der Waals surface area (Å²) >= 11 is 0. The predicted octanol–water partition coefficient (Wildman–Crippen LogP) is 3.86. The zero-order chi connectivity index (χ0) is 19.6. The molecule has 0 aliphatic carbocycles. The van der Waals surface area contributed by atoms with Crippen LogP contribution in [-0.4, -0.2) is 35.0 Å². The molecule has 1 aliphatic rings. The highest BCUT2D eigenvalue weighted by Crippen LogP contribution is 2.28. The van der Waals surface area contributed by atoms with Gasteiger partial charge in [0.1, 0.15) is 5.82 Å². The molecule has 0 atom stereocenters. The Morgan fingerprint density at radius 1 is 1.18 bits per heavy atom. The lowest BCUT2D eigenvalue weighted by atomic mass is 10.0. The molecule has 3 heterocycles. The number of unbranched alkanes of at least 4 members (excludes halogenated alkanes) is 1. The molecule has 0 saturated heterocycles. The molecule has 2 aromatic heterocycles. The van der Waals surface area contributed by atoms with E-state index in [1.54, 1.807) is 16.7 Å². The first-order valence-corrected chi connectivity index (χ1v) is 11.2. The van der Waals surface area contributed by atoms with Crippen molar-refractivity contribution in [2.24, 2.45) is 0 Å². The van der Waals surface area contributed by atoms with Crippen LogP contribution in [0, 0.1) is 0 Å². The van der Waals surface area contributed by atoms with Gasteiger partial charge in [0.2, 0.25) is 10.0 Å². The molecule has 1 N–H and O–H groups in total. The van der Waals surface area contributed by atoms with E-state index in [9.17, 15) is 8.42 Å². The fourth-order valence-corrected chi connectivity index (χ4v) is 5.16. The van der Waals surface area contributed by atoms with E-state index in [1.807, 2.05) is 43.3 Å². The molecule has 3 aromatic rings. The molecule has 7 heteroatoms. The largest absolute Gasteiger partial charge is 0.339 e. The van der Waals surface area contributed by atoms with Gasteiger partial charge in [0.15, 0.2) is 0 Å². The van der Waals surface area contributed by atoms with Crippen LogP contribution in [0.2, 0.25) is 0 Å². The predicted molar refractivity (Wildman–Crippen MR) is 112 cm³/mol. The summed E-state index contributed by atoms with van der Waals surface area (Å²) in [6, 6.07) is 11.9. The van der Waals surface area contributed by atoms with Gasteiger partial charge in [-0.3, -0.25) is 4.98 Å². The quantitative estimate of drug-likeness (QED) is 0.685. The lowest BCUT2D eigenvalue weighted by Gasteiger charge is -2.29. The molecule has 0 bridgehead atoms. The van der Waals surface area contributed by atoms with Crippen LogP contribution in [0.3, 0.4) is 0 Å². The van der Waals surface area contributed by atoms with Crippen LogP contribution in [0.15, 0.2) is 48.8 Å². The second-order valence-corrected chi connectivity index (χ2v) is 9.18. The molecule has 0 unspecified atom stereocenters. The third kappa shape index (κ3) is 3.86. The molecular formula is C21H24N4O2S. The lowest BCUT2D eigenvalue weighted by molar-refractivity contribution is 0.390. The summed E-state index contributed by atoms with van der Waals surface area (Å²) in [5.41, 5.74) is 3.91. The minimum atomic E-state index is -3.20. The van der Waals surface area contributed by atoms with Crippen LogP contribution in [-0.2, 0) is 23.0 Å². The number of aromatic nitrogens is 2. The molecule has 0 saturated carbocycles. The highest BCUT2D eigenvalue weighted by atomic mass is 32.2. The highest BCUT2D eigenvalue weighted by molar-refractivity contribution is 7.89. The van der Waals surface area contributed by atoms with Crippen molar-refractivity contribution >= 4 is 32.4 Å².